The standard InChI is InChI=1S/C16H23NO2/c1-13-6-5-9-15(10-13)17-16(18)12-19-11-14-7-3-2-4-8-14/h2-4,7-8,13,15H,5-6,9-12H2,1H3,(H,17,18). The Morgan fingerprint density at radius 3 is 2.84 bits per heavy atom. The molecule has 19 heavy (non-hydrogen) atoms. The van der Waals surface area contributed by atoms with Gasteiger partial charge in [-0.2, -0.15) is 0 Å². The summed E-state index contributed by atoms with van der Waals surface area (Å²) in [7, 11) is 0. The number of carbonyl (C=O) groups is 1. The zero-order chi connectivity index (χ0) is 13.5. The van der Waals surface area contributed by atoms with Gasteiger partial charge in [-0.05, 0) is 24.3 Å². The Labute approximate surface area is 115 Å². The first-order valence-corrected chi connectivity index (χ1v) is 7.15. The maximum atomic E-state index is 11.8. The Hall–Kier alpha value is -1.35. The predicted molar refractivity (Wildman–Crippen MR) is 75.7 cm³/mol. The van der Waals surface area contributed by atoms with Crippen LogP contribution < -0.4 is 5.32 Å². The predicted octanol–water partition coefficient (Wildman–Crippen LogP) is 2.90. The van der Waals surface area contributed by atoms with Crippen molar-refractivity contribution in [3.8, 4) is 0 Å². The molecule has 0 spiro atoms. The van der Waals surface area contributed by atoms with Crippen LogP contribution in [-0.2, 0) is 16.1 Å². The molecule has 1 amide bonds. The molecule has 2 atom stereocenters. The van der Waals surface area contributed by atoms with E-state index in [2.05, 4.69) is 12.2 Å². The first-order chi connectivity index (χ1) is 9.24. The first-order valence-electron chi connectivity index (χ1n) is 7.15. The minimum atomic E-state index is 0.00929. The molecule has 1 N–H and O–H groups in total. The Kier molecular flexibility index (Phi) is 5.40. The van der Waals surface area contributed by atoms with Gasteiger partial charge in [-0.3, -0.25) is 4.79 Å². The van der Waals surface area contributed by atoms with Crippen molar-refractivity contribution in [2.45, 2.75) is 45.3 Å². The molecule has 3 heteroatoms. The van der Waals surface area contributed by atoms with Gasteiger partial charge >= 0.3 is 0 Å². The fourth-order valence-electron chi connectivity index (χ4n) is 2.67. The highest BCUT2D eigenvalue weighted by molar-refractivity contribution is 5.77. The van der Waals surface area contributed by atoms with Crippen LogP contribution >= 0.6 is 0 Å². The van der Waals surface area contributed by atoms with Gasteiger partial charge in [0.1, 0.15) is 6.61 Å². The van der Waals surface area contributed by atoms with Gasteiger partial charge in [-0.15, -0.1) is 0 Å². The van der Waals surface area contributed by atoms with Gasteiger partial charge in [-0.25, -0.2) is 0 Å². The Balaban J connectivity index is 1.64. The SMILES string of the molecule is CC1CCCC(NC(=O)COCc2ccccc2)C1. The van der Waals surface area contributed by atoms with Crippen LogP contribution in [0.5, 0.6) is 0 Å². The van der Waals surface area contributed by atoms with Crippen LogP contribution in [0.25, 0.3) is 0 Å². The summed E-state index contributed by atoms with van der Waals surface area (Å²) in [6.07, 6.45) is 4.72. The van der Waals surface area contributed by atoms with Crippen molar-refractivity contribution in [2.24, 2.45) is 5.92 Å². The third kappa shape index (κ3) is 5.03. The van der Waals surface area contributed by atoms with Crippen molar-refractivity contribution in [1.82, 2.24) is 5.32 Å². The second-order valence-corrected chi connectivity index (χ2v) is 5.51. The first kappa shape index (κ1) is 14.1. The van der Waals surface area contributed by atoms with E-state index in [1.54, 1.807) is 0 Å². The number of carbonyl (C=O) groups excluding carboxylic acids is 1. The summed E-state index contributed by atoms with van der Waals surface area (Å²) in [5.41, 5.74) is 1.10. The average Bonchev–Trinajstić information content (AvgIpc) is 2.40. The molecule has 1 aliphatic rings. The van der Waals surface area contributed by atoms with E-state index in [1.807, 2.05) is 30.3 Å². The van der Waals surface area contributed by atoms with E-state index in [9.17, 15) is 4.79 Å². The normalized spacial score (nSPS) is 23.0. The minimum Gasteiger partial charge on any atom is -0.367 e. The summed E-state index contributed by atoms with van der Waals surface area (Å²) in [5, 5.41) is 3.07. The monoisotopic (exact) mass is 261 g/mol. The van der Waals surface area contributed by atoms with Gasteiger partial charge in [0.2, 0.25) is 5.91 Å². The summed E-state index contributed by atoms with van der Waals surface area (Å²) in [6, 6.07) is 10.3. The molecule has 2 unspecified atom stereocenters. The molecule has 1 saturated carbocycles. The van der Waals surface area contributed by atoms with Gasteiger partial charge in [0, 0.05) is 6.04 Å². The molecule has 0 saturated heterocycles. The zero-order valence-electron chi connectivity index (χ0n) is 11.6. The number of benzene rings is 1. The van der Waals surface area contributed by atoms with Crippen molar-refractivity contribution >= 4 is 5.91 Å². The van der Waals surface area contributed by atoms with Crippen molar-refractivity contribution in [2.75, 3.05) is 6.61 Å². The average molecular weight is 261 g/mol. The second kappa shape index (κ2) is 7.29. The molecule has 104 valence electrons. The third-order valence-corrected chi connectivity index (χ3v) is 3.65. The van der Waals surface area contributed by atoms with Crippen LogP contribution in [0.15, 0.2) is 30.3 Å². The molecule has 0 bridgehead atoms. The van der Waals surface area contributed by atoms with Crippen LogP contribution in [0.4, 0.5) is 0 Å². The number of amides is 1. The van der Waals surface area contributed by atoms with Crippen molar-refractivity contribution < 1.29 is 9.53 Å². The summed E-state index contributed by atoms with van der Waals surface area (Å²) in [4.78, 5) is 11.8. The Morgan fingerprint density at radius 1 is 1.32 bits per heavy atom. The van der Waals surface area contributed by atoms with E-state index in [0.717, 1.165) is 24.3 Å². The van der Waals surface area contributed by atoms with Crippen molar-refractivity contribution in [1.29, 1.82) is 0 Å². The quantitative estimate of drug-likeness (QED) is 0.885. The molecule has 0 aromatic heterocycles. The lowest BCUT2D eigenvalue weighted by atomic mass is 9.87. The number of nitrogens with one attached hydrogen (secondary N) is 1. The largest absolute Gasteiger partial charge is 0.367 e. The maximum Gasteiger partial charge on any atom is 0.246 e. The van der Waals surface area contributed by atoms with E-state index in [4.69, 9.17) is 4.74 Å². The minimum absolute atomic E-state index is 0.00929. The number of hydrogen-bond donors (Lipinski definition) is 1. The molecule has 1 aromatic rings. The molecule has 0 aliphatic heterocycles. The van der Waals surface area contributed by atoms with Crippen LogP contribution in [0.1, 0.15) is 38.2 Å². The lowest BCUT2D eigenvalue weighted by Crippen LogP contribution is -2.39. The maximum absolute atomic E-state index is 11.8. The highest BCUT2D eigenvalue weighted by Crippen LogP contribution is 2.23. The van der Waals surface area contributed by atoms with Gasteiger partial charge in [-0.1, -0.05) is 50.1 Å². The Bertz CT molecular complexity index is 391. The lowest BCUT2D eigenvalue weighted by Gasteiger charge is -2.27. The zero-order valence-corrected chi connectivity index (χ0v) is 11.6. The second-order valence-electron chi connectivity index (χ2n) is 5.51. The van der Waals surface area contributed by atoms with Crippen LogP contribution in [0.3, 0.4) is 0 Å². The molecule has 1 fully saturated rings. The van der Waals surface area contributed by atoms with E-state index in [-0.39, 0.29) is 12.5 Å². The van der Waals surface area contributed by atoms with Crippen molar-refractivity contribution in [3.63, 3.8) is 0 Å². The van der Waals surface area contributed by atoms with Crippen LogP contribution in [0.2, 0.25) is 0 Å². The van der Waals surface area contributed by atoms with Gasteiger partial charge in [0.15, 0.2) is 0 Å². The summed E-state index contributed by atoms with van der Waals surface area (Å²) in [6.45, 7) is 2.90. The molecule has 3 nitrogen and oxygen atoms in total. The summed E-state index contributed by atoms with van der Waals surface area (Å²) < 4.78 is 5.44. The van der Waals surface area contributed by atoms with E-state index in [0.29, 0.717) is 12.6 Å². The van der Waals surface area contributed by atoms with Crippen molar-refractivity contribution in [3.05, 3.63) is 35.9 Å². The molecule has 1 aliphatic carbocycles. The fourth-order valence-corrected chi connectivity index (χ4v) is 2.67. The van der Waals surface area contributed by atoms with Crippen LogP contribution in [-0.4, -0.2) is 18.6 Å². The molecular formula is C16H23NO2. The number of hydrogen-bond acceptors (Lipinski definition) is 2. The summed E-state index contributed by atoms with van der Waals surface area (Å²) >= 11 is 0. The van der Waals surface area contributed by atoms with Gasteiger partial charge in [0.05, 0.1) is 6.61 Å². The molecule has 0 heterocycles. The van der Waals surface area contributed by atoms with E-state index < -0.39 is 0 Å². The molecule has 0 radical (unpaired) electrons. The highest BCUT2D eigenvalue weighted by Gasteiger charge is 2.20. The molecule has 2 rings (SSSR count). The molecular weight excluding hydrogens is 238 g/mol. The fraction of sp³-hybridized carbons (Fsp3) is 0.562. The smallest absolute Gasteiger partial charge is 0.246 e. The van der Waals surface area contributed by atoms with Crippen LogP contribution in [0, 0.1) is 5.92 Å². The lowest BCUT2D eigenvalue weighted by molar-refractivity contribution is -0.127. The summed E-state index contributed by atoms with van der Waals surface area (Å²) in [5.74, 6) is 0.735. The molecule has 1 aromatic carbocycles. The van der Waals surface area contributed by atoms with E-state index in [1.165, 1.54) is 12.8 Å². The third-order valence-electron chi connectivity index (χ3n) is 3.65. The van der Waals surface area contributed by atoms with E-state index >= 15 is 0 Å². The Morgan fingerprint density at radius 2 is 2.11 bits per heavy atom. The van der Waals surface area contributed by atoms with Gasteiger partial charge < -0.3 is 10.1 Å². The number of rotatable bonds is 5. The number of ether oxygens (including phenoxy) is 1. The van der Waals surface area contributed by atoms with Gasteiger partial charge in [0.25, 0.3) is 0 Å². The topological polar surface area (TPSA) is 38.3 Å². The highest BCUT2D eigenvalue weighted by atomic mass is 16.5.